The van der Waals surface area contributed by atoms with Gasteiger partial charge in [-0.05, 0) is 12.8 Å². The van der Waals surface area contributed by atoms with Gasteiger partial charge in [-0.25, -0.2) is 0 Å². The van der Waals surface area contributed by atoms with Gasteiger partial charge in [0, 0.05) is 0 Å². The van der Waals surface area contributed by atoms with Crippen LogP contribution in [0.4, 0.5) is 0 Å². The van der Waals surface area contributed by atoms with Gasteiger partial charge in [0.15, 0.2) is 0 Å². The van der Waals surface area contributed by atoms with Gasteiger partial charge in [-0.15, -0.1) is 0 Å². The second kappa shape index (κ2) is 7.07. The van der Waals surface area contributed by atoms with Gasteiger partial charge in [0.1, 0.15) is 0 Å². The summed E-state index contributed by atoms with van der Waals surface area (Å²) in [5.74, 6) is 0. The summed E-state index contributed by atoms with van der Waals surface area (Å²) in [5.41, 5.74) is 0. The molecule has 0 spiro atoms. The van der Waals surface area contributed by atoms with Crippen LogP contribution < -0.4 is 0 Å². The highest BCUT2D eigenvalue weighted by Gasteiger charge is 2.19. The van der Waals surface area contributed by atoms with Crippen LogP contribution >= 0.6 is 0 Å². The number of rotatable bonds is 7. The van der Waals surface area contributed by atoms with Gasteiger partial charge in [0.25, 0.3) is 10.1 Å². The molecule has 1 aliphatic rings. The SMILES string of the molecule is CCCCCCCCC1CC=CS(=O)(=O)O1. The quantitative estimate of drug-likeness (QED) is 0.511. The van der Waals surface area contributed by atoms with Gasteiger partial charge in [0.2, 0.25) is 0 Å². The maximum atomic E-state index is 11.1. The molecule has 0 saturated heterocycles. The summed E-state index contributed by atoms with van der Waals surface area (Å²) >= 11 is 0. The van der Waals surface area contributed by atoms with Crippen LogP contribution in [0.25, 0.3) is 0 Å². The van der Waals surface area contributed by atoms with Crippen molar-refractivity contribution in [2.75, 3.05) is 0 Å². The van der Waals surface area contributed by atoms with E-state index in [0.717, 1.165) is 24.7 Å². The van der Waals surface area contributed by atoms with Crippen molar-refractivity contribution >= 4 is 10.1 Å². The third-order valence-corrected chi connectivity index (χ3v) is 3.88. The molecule has 0 aromatic heterocycles. The number of hydrogen-bond donors (Lipinski definition) is 0. The lowest BCUT2D eigenvalue weighted by Crippen LogP contribution is -2.19. The zero-order valence-electron chi connectivity index (χ0n) is 10.0. The molecular formula is C12H22O3S. The van der Waals surface area contributed by atoms with E-state index in [0.29, 0.717) is 0 Å². The zero-order valence-corrected chi connectivity index (χ0v) is 10.8. The third kappa shape index (κ3) is 5.66. The third-order valence-electron chi connectivity index (χ3n) is 2.81. The smallest absolute Gasteiger partial charge is 0.263 e. The minimum atomic E-state index is -3.36. The van der Waals surface area contributed by atoms with Crippen molar-refractivity contribution in [2.45, 2.75) is 64.4 Å². The minimum absolute atomic E-state index is 0.124. The normalized spacial score (nSPS) is 23.4. The summed E-state index contributed by atoms with van der Waals surface area (Å²) in [6, 6.07) is 0. The van der Waals surface area contributed by atoms with E-state index < -0.39 is 10.1 Å². The van der Waals surface area contributed by atoms with Gasteiger partial charge >= 0.3 is 0 Å². The molecule has 94 valence electrons. The van der Waals surface area contributed by atoms with Crippen LogP contribution in [0.15, 0.2) is 11.5 Å². The molecule has 0 aromatic rings. The summed E-state index contributed by atoms with van der Waals surface area (Å²) in [7, 11) is -3.36. The highest BCUT2D eigenvalue weighted by Crippen LogP contribution is 2.19. The maximum Gasteiger partial charge on any atom is 0.290 e. The van der Waals surface area contributed by atoms with Gasteiger partial charge in [-0.2, -0.15) is 8.42 Å². The molecule has 0 amide bonds. The van der Waals surface area contributed by atoms with Gasteiger partial charge in [-0.1, -0.05) is 51.5 Å². The van der Waals surface area contributed by atoms with Crippen LogP contribution in [-0.4, -0.2) is 14.5 Å². The molecule has 1 atom stereocenters. The van der Waals surface area contributed by atoms with Crippen molar-refractivity contribution in [3.63, 3.8) is 0 Å². The molecule has 0 N–H and O–H groups in total. The Morgan fingerprint density at radius 1 is 1.19 bits per heavy atom. The second-order valence-corrected chi connectivity index (χ2v) is 5.83. The molecule has 0 aromatic carbocycles. The molecule has 1 aliphatic heterocycles. The van der Waals surface area contributed by atoms with E-state index in [4.69, 9.17) is 4.18 Å². The molecule has 16 heavy (non-hydrogen) atoms. The van der Waals surface area contributed by atoms with E-state index in [1.165, 1.54) is 32.1 Å². The van der Waals surface area contributed by atoms with Crippen molar-refractivity contribution < 1.29 is 12.6 Å². The van der Waals surface area contributed by atoms with Crippen LogP contribution in [0.2, 0.25) is 0 Å². The zero-order chi connectivity index (χ0) is 11.9. The Labute approximate surface area is 99.0 Å². The van der Waals surface area contributed by atoms with Crippen molar-refractivity contribution in [2.24, 2.45) is 0 Å². The highest BCUT2D eigenvalue weighted by atomic mass is 32.2. The van der Waals surface area contributed by atoms with E-state index in [9.17, 15) is 8.42 Å². The monoisotopic (exact) mass is 246 g/mol. The topological polar surface area (TPSA) is 43.4 Å². The van der Waals surface area contributed by atoms with Crippen molar-refractivity contribution in [3.05, 3.63) is 11.5 Å². The van der Waals surface area contributed by atoms with Crippen LogP contribution in [-0.2, 0) is 14.3 Å². The Kier molecular flexibility index (Phi) is 6.06. The molecule has 4 heteroatoms. The summed E-state index contributed by atoms with van der Waals surface area (Å²) in [6.07, 6.45) is 10.5. The Balaban J connectivity index is 2.08. The molecule has 3 nitrogen and oxygen atoms in total. The van der Waals surface area contributed by atoms with E-state index in [1.807, 2.05) is 0 Å². The van der Waals surface area contributed by atoms with Gasteiger partial charge in [-0.3, -0.25) is 4.18 Å². The summed E-state index contributed by atoms with van der Waals surface area (Å²) in [4.78, 5) is 0. The molecule has 1 heterocycles. The summed E-state index contributed by atoms with van der Waals surface area (Å²) in [6.45, 7) is 2.20. The molecule has 1 unspecified atom stereocenters. The Morgan fingerprint density at radius 3 is 2.56 bits per heavy atom. The average molecular weight is 246 g/mol. The van der Waals surface area contributed by atoms with E-state index in [1.54, 1.807) is 6.08 Å². The Hall–Kier alpha value is -0.350. The first kappa shape index (κ1) is 13.7. The highest BCUT2D eigenvalue weighted by molar-refractivity contribution is 7.89. The largest absolute Gasteiger partial charge is 0.290 e. The molecule has 0 radical (unpaired) electrons. The van der Waals surface area contributed by atoms with Crippen LogP contribution in [0.3, 0.4) is 0 Å². The number of hydrogen-bond acceptors (Lipinski definition) is 3. The van der Waals surface area contributed by atoms with E-state index >= 15 is 0 Å². The summed E-state index contributed by atoms with van der Waals surface area (Å²) in [5, 5.41) is 1.16. The maximum absolute atomic E-state index is 11.1. The lowest BCUT2D eigenvalue weighted by Gasteiger charge is -2.17. The predicted molar refractivity (Wildman–Crippen MR) is 65.5 cm³/mol. The minimum Gasteiger partial charge on any atom is -0.263 e. The van der Waals surface area contributed by atoms with Crippen LogP contribution in [0, 0.1) is 0 Å². The molecule has 1 rings (SSSR count). The number of unbranched alkanes of at least 4 members (excludes halogenated alkanes) is 5. The van der Waals surface area contributed by atoms with Crippen LogP contribution in [0.5, 0.6) is 0 Å². The molecule has 0 saturated carbocycles. The predicted octanol–water partition coefficient (Wildman–Crippen LogP) is 3.37. The lowest BCUT2D eigenvalue weighted by atomic mass is 10.1. The first-order valence-electron chi connectivity index (χ1n) is 6.24. The summed E-state index contributed by atoms with van der Waals surface area (Å²) < 4.78 is 27.2. The Bertz CT molecular complexity index is 306. The lowest BCUT2D eigenvalue weighted by molar-refractivity contribution is 0.196. The van der Waals surface area contributed by atoms with Gasteiger partial charge in [0.05, 0.1) is 11.5 Å². The van der Waals surface area contributed by atoms with Crippen molar-refractivity contribution in [3.8, 4) is 0 Å². The van der Waals surface area contributed by atoms with E-state index in [-0.39, 0.29) is 6.10 Å². The molecule has 0 aliphatic carbocycles. The standard InChI is InChI=1S/C12H22O3S/c1-2-3-4-5-6-7-9-12-10-8-11-16(13,14)15-12/h8,11-12H,2-7,9-10H2,1H3. The second-order valence-electron chi connectivity index (χ2n) is 4.37. The first-order chi connectivity index (χ1) is 7.64. The molecular weight excluding hydrogens is 224 g/mol. The van der Waals surface area contributed by atoms with Crippen molar-refractivity contribution in [1.29, 1.82) is 0 Å². The molecule has 0 fully saturated rings. The fourth-order valence-corrected chi connectivity index (χ4v) is 2.87. The van der Waals surface area contributed by atoms with Crippen molar-refractivity contribution in [1.82, 2.24) is 0 Å². The van der Waals surface area contributed by atoms with E-state index in [2.05, 4.69) is 6.92 Å². The van der Waals surface area contributed by atoms with Crippen LogP contribution in [0.1, 0.15) is 58.3 Å². The fourth-order valence-electron chi connectivity index (χ4n) is 1.90. The fraction of sp³-hybridized carbons (Fsp3) is 0.833. The molecule has 0 bridgehead atoms. The Morgan fingerprint density at radius 2 is 1.88 bits per heavy atom. The van der Waals surface area contributed by atoms with Gasteiger partial charge < -0.3 is 0 Å². The first-order valence-corrected chi connectivity index (χ1v) is 7.71. The average Bonchev–Trinajstić information content (AvgIpc) is 2.22.